The van der Waals surface area contributed by atoms with E-state index in [-0.39, 0.29) is 24.5 Å². The summed E-state index contributed by atoms with van der Waals surface area (Å²) in [7, 11) is 0. The summed E-state index contributed by atoms with van der Waals surface area (Å²) in [4.78, 5) is 25.5. The summed E-state index contributed by atoms with van der Waals surface area (Å²) >= 11 is 0. The lowest BCUT2D eigenvalue weighted by Crippen LogP contribution is -2.27. The van der Waals surface area contributed by atoms with Crippen LogP contribution in [0.3, 0.4) is 0 Å². The van der Waals surface area contributed by atoms with Crippen LogP contribution >= 0.6 is 0 Å². The molecule has 8 nitrogen and oxygen atoms in total. The molecule has 1 aromatic rings. The molecule has 18 heavy (non-hydrogen) atoms. The Morgan fingerprint density at radius 2 is 2.28 bits per heavy atom. The number of hydrogen-bond donors (Lipinski definition) is 2. The number of hydrazine groups is 1. The zero-order valence-electron chi connectivity index (χ0n) is 9.71. The number of nitro groups is 1. The number of nitrogens with two attached hydrogens (primary N) is 1. The van der Waals surface area contributed by atoms with Gasteiger partial charge in [-0.25, -0.2) is 5.84 Å². The highest BCUT2D eigenvalue weighted by Crippen LogP contribution is 2.30. The van der Waals surface area contributed by atoms with Crippen molar-refractivity contribution < 1.29 is 19.3 Å². The van der Waals surface area contributed by atoms with Crippen molar-refractivity contribution in [2.24, 2.45) is 5.84 Å². The number of rotatable bonds is 6. The van der Waals surface area contributed by atoms with Crippen LogP contribution in [0.4, 0.5) is 5.69 Å². The number of nitrogens with one attached hydrogen (secondary N) is 1. The number of carbonyl (C=O) groups is 1. The van der Waals surface area contributed by atoms with E-state index in [9.17, 15) is 14.9 Å². The van der Waals surface area contributed by atoms with Gasteiger partial charge in [-0.3, -0.25) is 14.9 Å². The van der Waals surface area contributed by atoms with Crippen LogP contribution in [0, 0.1) is 17.0 Å². The van der Waals surface area contributed by atoms with Crippen molar-refractivity contribution in [2.75, 3.05) is 6.61 Å². The lowest BCUT2D eigenvalue weighted by atomic mass is 10.2. The molecule has 0 aromatic heterocycles. The van der Waals surface area contributed by atoms with Crippen LogP contribution in [0.1, 0.15) is 12.0 Å². The summed E-state index contributed by atoms with van der Waals surface area (Å²) in [6, 6.07) is 4.58. The van der Waals surface area contributed by atoms with E-state index in [1.807, 2.05) is 0 Å². The van der Waals surface area contributed by atoms with Crippen LogP contribution in [-0.4, -0.2) is 17.5 Å². The smallest absolute Gasteiger partial charge is 0.329 e. The summed E-state index contributed by atoms with van der Waals surface area (Å²) in [5, 5.41) is 10.8. The lowest BCUT2D eigenvalue weighted by Gasteiger charge is -2.08. The Kier molecular flexibility index (Phi) is 5.03. The fraction of sp³-hybridized carbons (Fsp3) is 0.300. The SMILES string of the molecule is Cc1cccc([N+](=O)[O-])c1OCCC(=O)ONN. The number of aryl methyl sites for hydroxylation is 1. The standard InChI is InChI=1S/C10H13N3O5/c1-7-3-2-4-8(13(15)16)10(7)17-6-5-9(14)18-12-11/h2-4,12H,5-6,11H2,1H3. The van der Waals surface area contributed by atoms with Crippen LogP contribution in [0.5, 0.6) is 5.75 Å². The van der Waals surface area contributed by atoms with Crippen LogP contribution < -0.4 is 16.2 Å². The van der Waals surface area contributed by atoms with Crippen LogP contribution in [-0.2, 0) is 9.63 Å². The van der Waals surface area contributed by atoms with Crippen molar-refractivity contribution in [1.29, 1.82) is 0 Å². The van der Waals surface area contributed by atoms with Gasteiger partial charge < -0.3 is 9.57 Å². The summed E-state index contributed by atoms with van der Waals surface area (Å²) in [5.74, 6) is 4.31. The van der Waals surface area contributed by atoms with E-state index in [0.717, 1.165) is 0 Å². The van der Waals surface area contributed by atoms with Gasteiger partial charge in [-0.15, -0.1) is 0 Å². The van der Waals surface area contributed by atoms with Crippen molar-refractivity contribution in [2.45, 2.75) is 13.3 Å². The highest BCUT2D eigenvalue weighted by Gasteiger charge is 2.17. The fourth-order valence-corrected chi connectivity index (χ4v) is 1.32. The number of nitrogens with zero attached hydrogens (tertiary/aromatic N) is 1. The normalized spacial score (nSPS) is 9.89. The van der Waals surface area contributed by atoms with E-state index in [1.54, 1.807) is 24.6 Å². The maximum absolute atomic E-state index is 11.0. The van der Waals surface area contributed by atoms with Gasteiger partial charge in [0.25, 0.3) is 0 Å². The Bertz CT molecular complexity index is 449. The summed E-state index contributed by atoms with van der Waals surface area (Å²) < 4.78 is 5.24. The average molecular weight is 255 g/mol. The molecule has 0 saturated heterocycles. The van der Waals surface area contributed by atoms with Gasteiger partial charge in [0.1, 0.15) is 0 Å². The quantitative estimate of drug-likeness (QED) is 0.434. The topological polar surface area (TPSA) is 117 Å². The Morgan fingerprint density at radius 1 is 1.56 bits per heavy atom. The molecule has 98 valence electrons. The molecule has 8 heteroatoms. The largest absolute Gasteiger partial charge is 0.486 e. The highest BCUT2D eigenvalue weighted by atomic mass is 16.7. The highest BCUT2D eigenvalue weighted by molar-refractivity contribution is 5.69. The van der Waals surface area contributed by atoms with Gasteiger partial charge in [0.2, 0.25) is 0 Å². The molecule has 0 aliphatic heterocycles. The van der Waals surface area contributed by atoms with Crippen molar-refractivity contribution in [3.05, 3.63) is 33.9 Å². The second kappa shape index (κ2) is 6.52. The number of hydrogen-bond acceptors (Lipinski definition) is 7. The molecule has 0 spiro atoms. The first-order valence-electron chi connectivity index (χ1n) is 5.08. The molecular formula is C10H13N3O5. The minimum Gasteiger partial charge on any atom is -0.486 e. The predicted octanol–water partition coefficient (Wildman–Crippen LogP) is 0.594. The number of benzene rings is 1. The fourth-order valence-electron chi connectivity index (χ4n) is 1.32. The molecule has 0 aliphatic rings. The first-order chi connectivity index (χ1) is 8.56. The van der Waals surface area contributed by atoms with Gasteiger partial charge in [0.15, 0.2) is 5.75 Å². The van der Waals surface area contributed by atoms with E-state index in [0.29, 0.717) is 5.56 Å². The second-order valence-corrected chi connectivity index (χ2v) is 3.37. The van der Waals surface area contributed by atoms with Crippen molar-refractivity contribution in [3.63, 3.8) is 0 Å². The third kappa shape index (κ3) is 3.68. The van der Waals surface area contributed by atoms with Gasteiger partial charge in [0.05, 0.1) is 18.0 Å². The molecule has 3 N–H and O–H groups in total. The molecule has 0 fully saturated rings. The second-order valence-electron chi connectivity index (χ2n) is 3.37. The number of nitro benzene ring substituents is 1. The zero-order chi connectivity index (χ0) is 13.5. The van der Waals surface area contributed by atoms with Gasteiger partial charge in [0, 0.05) is 6.07 Å². The molecule has 0 saturated carbocycles. The van der Waals surface area contributed by atoms with Gasteiger partial charge in [-0.2, -0.15) is 0 Å². The summed E-state index contributed by atoms with van der Waals surface area (Å²) in [6.45, 7) is 1.65. The van der Waals surface area contributed by atoms with Crippen molar-refractivity contribution >= 4 is 11.7 Å². The molecule has 0 radical (unpaired) electrons. The maximum atomic E-state index is 11.0. The Hall–Kier alpha value is -2.19. The van der Waals surface area contributed by atoms with Crippen molar-refractivity contribution in [1.82, 2.24) is 5.59 Å². The Morgan fingerprint density at radius 3 is 2.89 bits per heavy atom. The summed E-state index contributed by atoms with van der Waals surface area (Å²) in [6.07, 6.45) is -0.0737. The Labute approximate surface area is 103 Å². The molecule has 1 aromatic carbocycles. The molecule has 0 heterocycles. The molecule has 0 unspecified atom stereocenters. The maximum Gasteiger partial charge on any atom is 0.329 e. The van der Waals surface area contributed by atoms with Crippen LogP contribution in [0.15, 0.2) is 18.2 Å². The lowest BCUT2D eigenvalue weighted by molar-refractivity contribution is -0.385. The van der Waals surface area contributed by atoms with Crippen LogP contribution in [0.25, 0.3) is 0 Å². The molecule has 0 amide bonds. The molecule has 0 aliphatic carbocycles. The van der Waals surface area contributed by atoms with E-state index in [1.165, 1.54) is 6.07 Å². The minimum atomic E-state index is -0.617. The van der Waals surface area contributed by atoms with Crippen molar-refractivity contribution in [3.8, 4) is 5.75 Å². The minimum absolute atomic E-state index is 0.0355. The number of carbonyl (C=O) groups excluding carboxylic acids is 1. The Balaban J connectivity index is 2.67. The van der Waals surface area contributed by atoms with Gasteiger partial charge in [-0.05, 0) is 12.5 Å². The van der Waals surface area contributed by atoms with Crippen LogP contribution in [0.2, 0.25) is 0 Å². The third-order valence-electron chi connectivity index (χ3n) is 2.11. The first-order valence-corrected chi connectivity index (χ1v) is 5.08. The monoisotopic (exact) mass is 255 g/mol. The molecule has 0 atom stereocenters. The summed E-state index contributed by atoms with van der Waals surface area (Å²) in [5.41, 5.74) is 2.23. The zero-order valence-corrected chi connectivity index (χ0v) is 9.71. The van der Waals surface area contributed by atoms with Gasteiger partial charge >= 0.3 is 11.7 Å². The number of ether oxygens (including phenoxy) is 1. The third-order valence-corrected chi connectivity index (χ3v) is 2.11. The molecular weight excluding hydrogens is 242 g/mol. The van der Waals surface area contributed by atoms with E-state index >= 15 is 0 Å². The van der Waals surface area contributed by atoms with Gasteiger partial charge in [-0.1, -0.05) is 17.7 Å². The van der Waals surface area contributed by atoms with E-state index in [4.69, 9.17) is 10.6 Å². The number of para-hydroxylation sites is 1. The molecule has 0 bridgehead atoms. The van der Waals surface area contributed by atoms with E-state index in [2.05, 4.69) is 4.84 Å². The first kappa shape index (κ1) is 13.9. The molecule has 1 rings (SSSR count). The average Bonchev–Trinajstić information content (AvgIpc) is 2.31. The predicted molar refractivity (Wildman–Crippen MR) is 61.4 cm³/mol. The van der Waals surface area contributed by atoms with E-state index < -0.39 is 10.9 Å².